The molecule has 0 saturated heterocycles. The zero-order valence-electron chi connectivity index (χ0n) is 18.4. The number of carbonyl (C=O) groups excluding carboxylic acids is 3. The summed E-state index contributed by atoms with van der Waals surface area (Å²) < 4.78 is 73.6. The topological polar surface area (TPSA) is 125 Å². The Morgan fingerprint density at radius 2 is 1.67 bits per heavy atom. The van der Waals surface area contributed by atoms with Crippen LogP contribution in [0, 0.1) is 0 Å². The van der Waals surface area contributed by atoms with Crippen molar-refractivity contribution in [1.29, 1.82) is 0 Å². The largest absolute Gasteiger partial charge is 0.573 e. The SMILES string of the molecule is CCOC(=O)C(F)(F)C(=O)CC(=O)c1ccc(Br)cc1N(N)/C(=C\N)c1ccc(OC(F)(F)F)cc1. The Morgan fingerprint density at radius 3 is 2.19 bits per heavy atom. The first kappa shape index (κ1) is 28.7. The van der Waals surface area contributed by atoms with Crippen LogP contribution in [-0.2, 0) is 14.3 Å². The summed E-state index contributed by atoms with van der Waals surface area (Å²) in [6.45, 7) is 0.874. The molecule has 8 nitrogen and oxygen atoms in total. The fourth-order valence-electron chi connectivity index (χ4n) is 2.90. The smallest absolute Gasteiger partial charge is 0.461 e. The zero-order chi connectivity index (χ0) is 27.3. The summed E-state index contributed by atoms with van der Waals surface area (Å²) in [5, 5.41) is 0.881. The van der Waals surface area contributed by atoms with Crippen LogP contribution in [0.1, 0.15) is 29.3 Å². The fraction of sp³-hybridized carbons (Fsp3) is 0.227. The molecule has 36 heavy (non-hydrogen) atoms. The van der Waals surface area contributed by atoms with Gasteiger partial charge in [0.15, 0.2) is 5.78 Å². The number of hydrogen-bond donors (Lipinski definition) is 2. The number of carbonyl (C=O) groups is 3. The summed E-state index contributed by atoms with van der Waals surface area (Å²) in [4.78, 5) is 36.2. The van der Waals surface area contributed by atoms with E-state index in [-0.39, 0.29) is 22.5 Å². The number of Topliss-reactive ketones (excluding diaryl/α,β-unsaturated/α-hetero) is 2. The standard InChI is InChI=1S/C22H19BrF5N3O5/c1-2-35-20(34)21(24,25)19(33)10-18(32)15-8-5-13(23)9-16(15)31(30)17(11-29)12-3-6-14(7-4-12)36-22(26,27)28/h3-9,11H,2,10,29-30H2,1H3/b17-11-. The van der Waals surface area contributed by atoms with E-state index in [9.17, 15) is 36.3 Å². The first-order valence-electron chi connectivity index (χ1n) is 9.95. The number of rotatable bonds is 10. The monoisotopic (exact) mass is 579 g/mol. The fourth-order valence-corrected chi connectivity index (χ4v) is 3.25. The average Bonchev–Trinajstić information content (AvgIpc) is 2.79. The van der Waals surface area contributed by atoms with Crippen LogP contribution >= 0.6 is 15.9 Å². The number of hydrazine groups is 1. The third-order valence-corrected chi connectivity index (χ3v) is 5.02. The molecule has 2 aromatic rings. The molecule has 0 bridgehead atoms. The molecule has 0 saturated carbocycles. The van der Waals surface area contributed by atoms with Crippen LogP contribution in [-0.4, -0.2) is 36.4 Å². The number of anilines is 1. The van der Waals surface area contributed by atoms with Crippen molar-refractivity contribution in [3.63, 3.8) is 0 Å². The number of nitrogens with two attached hydrogens (primary N) is 2. The third kappa shape index (κ3) is 7.01. The molecule has 0 aliphatic heterocycles. The van der Waals surface area contributed by atoms with Gasteiger partial charge in [0, 0.05) is 21.8 Å². The van der Waals surface area contributed by atoms with Gasteiger partial charge in [-0.15, -0.1) is 13.2 Å². The van der Waals surface area contributed by atoms with E-state index >= 15 is 0 Å². The summed E-state index contributed by atoms with van der Waals surface area (Å²) in [7, 11) is 0. The van der Waals surface area contributed by atoms with Gasteiger partial charge >= 0.3 is 18.3 Å². The number of nitrogens with zero attached hydrogens (tertiary/aromatic N) is 1. The van der Waals surface area contributed by atoms with Crippen molar-refractivity contribution in [2.45, 2.75) is 25.6 Å². The third-order valence-electron chi connectivity index (χ3n) is 4.52. The lowest BCUT2D eigenvalue weighted by molar-refractivity contribution is -0.274. The highest BCUT2D eigenvalue weighted by Crippen LogP contribution is 2.32. The number of ketones is 2. The Morgan fingerprint density at radius 1 is 1.06 bits per heavy atom. The summed E-state index contributed by atoms with van der Waals surface area (Å²) in [5.74, 6) is -4.06. The molecule has 0 aliphatic carbocycles. The highest BCUT2D eigenvalue weighted by atomic mass is 79.9. The molecule has 4 N–H and O–H groups in total. The summed E-state index contributed by atoms with van der Waals surface area (Å²) in [6, 6.07) is 8.34. The van der Waals surface area contributed by atoms with E-state index in [4.69, 9.17) is 11.6 Å². The highest BCUT2D eigenvalue weighted by molar-refractivity contribution is 9.10. The lowest BCUT2D eigenvalue weighted by Crippen LogP contribution is -2.40. The minimum Gasteiger partial charge on any atom is -0.461 e. The Labute approximate surface area is 209 Å². The van der Waals surface area contributed by atoms with Crippen LogP contribution < -0.4 is 21.3 Å². The number of halogens is 6. The van der Waals surface area contributed by atoms with Crippen LogP contribution in [0.5, 0.6) is 5.75 Å². The maximum atomic E-state index is 14.0. The Balaban J connectivity index is 2.36. The lowest BCUT2D eigenvalue weighted by atomic mass is 10.0. The second-order valence-electron chi connectivity index (χ2n) is 6.97. The molecule has 194 valence electrons. The van der Waals surface area contributed by atoms with Crippen LogP contribution in [0.3, 0.4) is 0 Å². The second-order valence-corrected chi connectivity index (χ2v) is 7.89. The maximum Gasteiger partial charge on any atom is 0.573 e. The van der Waals surface area contributed by atoms with Gasteiger partial charge in [-0.2, -0.15) is 8.78 Å². The van der Waals surface area contributed by atoms with E-state index in [0.29, 0.717) is 4.47 Å². The van der Waals surface area contributed by atoms with Crippen molar-refractivity contribution >= 4 is 44.9 Å². The minimum absolute atomic E-state index is 0.00360. The molecular formula is C22H19BrF5N3O5. The van der Waals surface area contributed by atoms with Gasteiger partial charge in [-0.3, -0.25) is 14.6 Å². The Hall–Kier alpha value is -3.52. The van der Waals surface area contributed by atoms with Crippen LogP contribution in [0.15, 0.2) is 53.1 Å². The molecule has 0 aromatic heterocycles. The number of ether oxygens (including phenoxy) is 2. The van der Waals surface area contributed by atoms with Crippen molar-refractivity contribution < 1.29 is 45.8 Å². The first-order valence-corrected chi connectivity index (χ1v) is 10.7. The molecule has 0 radical (unpaired) electrons. The van der Waals surface area contributed by atoms with Gasteiger partial charge in [0.05, 0.1) is 24.4 Å². The van der Waals surface area contributed by atoms with E-state index in [2.05, 4.69) is 25.4 Å². The molecule has 0 atom stereocenters. The van der Waals surface area contributed by atoms with Crippen LogP contribution in [0.2, 0.25) is 0 Å². The first-order chi connectivity index (χ1) is 16.7. The van der Waals surface area contributed by atoms with Gasteiger partial charge in [0.25, 0.3) is 0 Å². The molecule has 0 unspecified atom stereocenters. The Kier molecular flexibility index (Phi) is 9.15. The van der Waals surface area contributed by atoms with Gasteiger partial charge in [-0.25, -0.2) is 10.6 Å². The quantitative estimate of drug-likeness (QED) is 0.106. The number of alkyl halides is 5. The van der Waals surface area contributed by atoms with E-state index in [0.717, 1.165) is 23.3 Å². The summed E-state index contributed by atoms with van der Waals surface area (Å²) in [5.41, 5.74) is 5.50. The van der Waals surface area contributed by atoms with Gasteiger partial charge < -0.3 is 15.2 Å². The van der Waals surface area contributed by atoms with E-state index in [1.54, 1.807) is 0 Å². The highest BCUT2D eigenvalue weighted by Gasteiger charge is 2.49. The van der Waals surface area contributed by atoms with Crippen molar-refractivity contribution in [2.75, 3.05) is 11.6 Å². The summed E-state index contributed by atoms with van der Waals surface area (Å²) >= 11 is 3.18. The molecule has 2 rings (SSSR count). The predicted octanol–water partition coefficient (Wildman–Crippen LogP) is 4.33. The minimum atomic E-state index is -4.90. The zero-order valence-corrected chi connectivity index (χ0v) is 20.0. The average molecular weight is 580 g/mol. The number of hydrogen-bond acceptors (Lipinski definition) is 8. The van der Waals surface area contributed by atoms with Crippen molar-refractivity contribution in [3.8, 4) is 5.75 Å². The van der Waals surface area contributed by atoms with Gasteiger partial charge in [-0.05, 0) is 49.4 Å². The molecule has 0 amide bonds. The van der Waals surface area contributed by atoms with Crippen molar-refractivity contribution in [2.24, 2.45) is 11.6 Å². The van der Waals surface area contributed by atoms with E-state index in [1.807, 2.05) is 0 Å². The molecular weight excluding hydrogens is 561 g/mol. The van der Waals surface area contributed by atoms with Crippen molar-refractivity contribution in [1.82, 2.24) is 0 Å². The predicted molar refractivity (Wildman–Crippen MR) is 122 cm³/mol. The molecule has 0 aliphatic rings. The summed E-state index contributed by atoms with van der Waals surface area (Å²) in [6.07, 6.45) is -5.25. The van der Waals surface area contributed by atoms with Crippen molar-refractivity contribution in [3.05, 3.63) is 64.3 Å². The van der Waals surface area contributed by atoms with E-state index in [1.165, 1.54) is 37.3 Å². The lowest BCUT2D eigenvalue weighted by Gasteiger charge is -2.25. The second kappa shape index (κ2) is 11.5. The molecule has 14 heteroatoms. The number of benzene rings is 2. The normalized spacial score (nSPS) is 12.2. The molecule has 0 heterocycles. The van der Waals surface area contributed by atoms with Crippen LogP contribution in [0.25, 0.3) is 5.70 Å². The van der Waals surface area contributed by atoms with E-state index < -0.39 is 48.6 Å². The maximum absolute atomic E-state index is 14.0. The van der Waals surface area contributed by atoms with Gasteiger partial charge in [0.2, 0.25) is 5.78 Å². The molecule has 0 spiro atoms. The van der Waals surface area contributed by atoms with Gasteiger partial charge in [0.1, 0.15) is 5.75 Å². The number of esters is 1. The molecule has 2 aromatic carbocycles. The molecule has 0 fully saturated rings. The van der Waals surface area contributed by atoms with Crippen LogP contribution in [0.4, 0.5) is 27.6 Å². The Bertz CT molecular complexity index is 1170. The van der Waals surface area contributed by atoms with Gasteiger partial charge in [-0.1, -0.05) is 15.9 Å².